The minimum absolute atomic E-state index is 0.0208. The van der Waals surface area contributed by atoms with E-state index < -0.39 is 0 Å². The Morgan fingerprint density at radius 1 is 1.14 bits per heavy atom. The number of thioether (sulfide) groups is 1. The molecule has 0 saturated carbocycles. The Kier molecular flexibility index (Phi) is 7.90. The van der Waals surface area contributed by atoms with Gasteiger partial charge in [-0.2, -0.15) is 5.10 Å². The van der Waals surface area contributed by atoms with Crippen molar-refractivity contribution in [3.8, 4) is 0 Å². The fourth-order valence-electron chi connectivity index (χ4n) is 4.99. The highest BCUT2D eigenvalue weighted by molar-refractivity contribution is 7.98. The van der Waals surface area contributed by atoms with Crippen molar-refractivity contribution in [2.45, 2.75) is 37.3 Å². The second kappa shape index (κ2) is 11.1. The summed E-state index contributed by atoms with van der Waals surface area (Å²) in [6, 6.07) is 15.9. The number of aryl methyl sites for hydroxylation is 2. The van der Waals surface area contributed by atoms with Crippen LogP contribution in [0.2, 0.25) is 0 Å². The third-order valence-corrected chi connectivity index (χ3v) is 7.60. The number of likely N-dealkylation sites (tertiary alicyclic amines) is 1. The van der Waals surface area contributed by atoms with E-state index in [1.165, 1.54) is 17.3 Å². The topological polar surface area (TPSA) is 71.3 Å². The van der Waals surface area contributed by atoms with Crippen molar-refractivity contribution in [2.24, 2.45) is 13.0 Å². The first kappa shape index (κ1) is 25.0. The van der Waals surface area contributed by atoms with E-state index >= 15 is 0 Å². The molecule has 1 saturated heterocycles. The molecule has 0 spiro atoms. The average Bonchev–Trinajstić information content (AvgIpc) is 3.24. The maximum atomic E-state index is 13.5. The number of benzene rings is 1. The van der Waals surface area contributed by atoms with E-state index in [1.54, 1.807) is 10.9 Å². The van der Waals surface area contributed by atoms with Gasteiger partial charge in [-0.1, -0.05) is 30.3 Å². The molecule has 1 aliphatic rings. The van der Waals surface area contributed by atoms with Crippen LogP contribution in [-0.2, 0) is 13.5 Å². The summed E-state index contributed by atoms with van der Waals surface area (Å²) in [5, 5.41) is 5.12. The summed E-state index contributed by atoms with van der Waals surface area (Å²) in [5.41, 5.74) is 3.29. The van der Waals surface area contributed by atoms with Gasteiger partial charge in [-0.05, 0) is 62.1 Å². The quantitative estimate of drug-likeness (QED) is 0.466. The fraction of sp³-hybridized carbons (Fsp3) is 0.407. The number of pyridine rings is 1. The molecule has 35 heavy (non-hydrogen) atoms. The molecule has 0 radical (unpaired) electrons. The number of nitrogens with zero attached hydrogens (tertiary/aromatic N) is 5. The lowest BCUT2D eigenvalue weighted by atomic mass is 9.84. The summed E-state index contributed by atoms with van der Waals surface area (Å²) in [7, 11) is 3.71. The Morgan fingerprint density at radius 3 is 2.49 bits per heavy atom. The molecule has 8 heteroatoms. The van der Waals surface area contributed by atoms with Crippen molar-refractivity contribution in [3.05, 3.63) is 77.2 Å². The number of hydrogen-bond donors (Lipinski definition) is 0. The van der Waals surface area contributed by atoms with Crippen molar-refractivity contribution in [1.82, 2.24) is 24.6 Å². The molecule has 1 fully saturated rings. The van der Waals surface area contributed by atoms with E-state index in [-0.39, 0.29) is 23.8 Å². The zero-order valence-corrected chi connectivity index (χ0v) is 21.7. The molecule has 1 aliphatic heterocycles. The lowest BCUT2D eigenvalue weighted by Crippen LogP contribution is -2.48. The van der Waals surface area contributed by atoms with Crippen LogP contribution < -0.4 is 0 Å². The Balaban J connectivity index is 1.51. The molecule has 2 aromatic heterocycles. The van der Waals surface area contributed by atoms with Gasteiger partial charge in [0.25, 0.3) is 11.8 Å². The highest BCUT2D eigenvalue weighted by Gasteiger charge is 2.34. The first-order valence-corrected chi connectivity index (χ1v) is 13.2. The molecule has 0 N–H and O–H groups in total. The first-order chi connectivity index (χ1) is 16.9. The van der Waals surface area contributed by atoms with Gasteiger partial charge in [0.1, 0.15) is 10.7 Å². The Morgan fingerprint density at radius 2 is 1.86 bits per heavy atom. The van der Waals surface area contributed by atoms with Gasteiger partial charge in [-0.3, -0.25) is 14.3 Å². The standard InChI is InChI=1S/C27H33N5O2S/c1-19-17-24(31(3)29-19)27(34)30(2)23(18-20-9-6-5-7-10-20)21-12-15-32(16-13-21)26(33)22-11-8-14-28-25(22)35-4/h5-11,14,17,21,23H,12-13,15-16,18H2,1-4H3/t23-/m1/s1. The summed E-state index contributed by atoms with van der Waals surface area (Å²) in [5.74, 6) is 0.305. The summed E-state index contributed by atoms with van der Waals surface area (Å²) in [4.78, 5) is 34.8. The van der Waals surface area contributed by atoms with Gasteiger partial charge >= 0.3 is 0 Å². The fourth-order valence-corrected chi connectivity index (χ4v) is 5.53. The molecule has 184 valence electrons. The van der Waals surface area contributed by atoms with E-state index in [0.29, 0.717) is 24.3 Å². The van der Waals surface area contributed by atoms with Crippen LogP contribution in [-0.4, -0.2) is 68.8 Å². The van der Waals surface area contributed by atoms with Gasteiger partial charge in [-0.15, -0.1) is 11.8 Å². The molecule has 1 atom stereocenters. The van der Waals surface area contributed by atoms with Crippen molar-refractivity contribution in [3.63, 3.8) is 0 Å². The molecule has 3 heterocycles. The minimum Gasteiger partial charge on any atom is -0.339 e. The van der Waals surface area contributed by atoms with Gasteiger partial charge < -0.3 is 9.80 Å². The molecule has 4 rings (SSSR count). The summed E-state index contributed by atoms with van der Waals surface area (Å²) in [6.07, 6.45) is 6.13. The molecule has 0 bridgehead atoms. The molecule has 3 aromatic rings. The van der Waals surface area contributed by atoms with E-state index in [2.05, 4.69) is 22.2 Å². The largest absolute Gasteiger partial charge is 0.339 e. The minimum atomic E-state index is -0.0208. The van der Waals surface area contributed by atoms with Crippen LogP contribution in [0.25, 0.3) is 0 Å². The number of hydrogen-bond acceptors (Lipinski definition) is 5. The maximum absolute atomic E-state index is 13.5. The lowest BCUT2D eigenvalue weighted by Gasteiger charge is -2.40. The Bertz CT molecular complexity index is 1170. The molecular formula is C27H33N5O2S. The zero-order chi connectivity index (χ0) is 24.9. The smallest absolute Gasteiger partial charge is 0.272 e. The van der Waals surface area contributed by atoms with Crippen LogP contribution in [0.5, 0.6) is 0 Å². The Labute approximate surface area is 211 Å². The number of rotatable bonds is 7. The van der Waals surface area contributed by atoms with E-state index in [9.17, 15) is 9.59 Å². The van der Waals surface area contributed by atoms with Gasteiger partial charge in [0.15, 0.2) is 0 Å². The van der Waals surface area contributed by atoms with E-state index in [1.807, 2.05) is 73.5 Å². The number of carbonyl (C=O) groups is 2. The first-order valence-electron chi connectivity index (χ1n) is 12.0. The maximum Gasteiger partial charge on any atom is 0.272 e. The number of carbonyl (C=O) groups excluding carboxylic acids is 2. The third-order valence-electron chi connectivity index (χ3n) is 6.89. The summed E-state index contributed by atoms with van der Waals surface area (Å²) < 4.78 is 1.66. The lowest BCUT2D eigenvalue weighted by molar-refractivity contribution is 0.0514. The van der Waals surface area contributed by atoms with Crippen LogP contribution in [0.4, 0.5) is 0 Å². The highest BCUT2D eigenvalue weighted by atomic mass is 32.2. The second-order valence-corrected chi connectivity index (χ2v) is 9.95. The van der Waals surface area contributed by atoms with Crippen molar-refractivity contribution < 1.29 is 9.59 Å². The van der Waals surface area contributed by atoms with Gasteiger partial charge in [-0.25, -0.2) is 4.98 Å². The van der Waals surface area contributed by atoms with Crippen LogP contribution in [0, 0.1) is 12.8 Å². The number of aromatic nitrogens is 3. The second-order valence-electron chi connectivity index (χ2n) is 9.16. The van der Waals surface area contributed by atoms with E-state index in [4.69, 9.17) is 0 Å². The van der Waals surface area contributed by atoms with E-state index in [0.717, 1.165) is 30.0 Å². The molecule has 0 aliphatic carbocycles. The van der Waals surface area contributed by atoms with Crippen molar-refractivity contribution in [1.29, 1.82) is 0 Å². The molecule has 7 nitrogen and oxygen atoms in total. The average molecular weight is 492 g/mol. The predicted molar refractivity (Wildman–Crippen MR) is 139 cm³/mol. The van der Waals surface area contributed by atoms with Crippen molar-refractivity contribution >= 4 is 23.6 Å². The van der Waals surface area contributed by atoms with Crippen LogP contribution in [0.15, 0.2) is 59.8 Å². The summed E-state index contributed by atoms with van der Waals surface area (Å²) in [6.45, 7) is 3.24. The SMILES string of the molecule is CSc1ncccc1C(=O)N1CCC([C@@H](Cc2ccccc2)N(C)C(=O)c2cc(C)nn2C)CC1. The van der Waals surface area contributed by atoms with Crippen molar-refractivity contribution in [2.75, 3.05) is 26.4 Å². The monoisotopic (exact) mass is 491 g/mol. The number of amides is 2. The number of likely N-dealkylation sites (N-methyl/N-ethyl adjacent to an activating group) is 1. The third kappa shape index (κ3) is 5.59. The van der Waals surface area contributed by atoms with Crippen LogP contribution in [0.3, 0.4) is 0 Å². The Hall–Kier alpha value is -3.13. The highest BCUT2D eigenvalue weighted by Crippen LogP contribution is 2.29. The zero-order valence-electron chi connectivity index (χ0n) is 20.8. The van der Waals surface area contributed by atoms with Gasteiger partial charge in [0, 0.05) is 39.4 Å². The molecule has 0 unspecified atom stereocenters. The number of piperidine rings is 1. The predicted octanol–water partition coefficient (Wildman–Crippen LogP) is 4.08. The van der Waals surface area contributed by atoms with Crippen LogP contribution in [0.1, 0.15) is 44.9 Å². The normalized spacial score (nSPS) is 15.1. The van der Waals surface area contributed by atoms with Gasteiger partial charge in [0.05, 0.1) is 11.3 Å². The van der Waals surface area contributed by atoms with Crippen LogP contribution >= 0.6 is 11.8 Å². The molecular weight excluding hydrogens is 458 g/mol. The molecule has 2 amide bonds. The summed E-state index contributed by atoms with van der Waals surface area (Å²) >= 11 is 1.49. The molecule has 1 aromatic carbocycles. The van der Waals surface area contributed by atoms with Gasteiger partial charge in [0.2, 0.25) is 0 Å².